The maximum absolute atomic E-state index is 12.0. The van der Waals surface area contributed by atoms with E-state index >= 15 is 0 Å². The summed E-state index contributed by atoms with van der Waals surface area (Å²) >= 11 is 0. The van der Waals surface area contributed by atoms with Crippen LogP contribution in [0.5, 0.6) is 5.88 Å². The van der Waals surface area contributed by atoms with Crippen LogP contribution in [0.15, 0.2) is 12.3 Å². The van der Waals surface area contributed by atoms with Gasteiger partial charge in [0.2, 0.25) is 11.8 Å². The fourth-order valence-corrected chi connectivity index (χ4v) is 2.59. The molecule has 120 valence electrons. The first-order chi connectivity index (χ1) is 10.6. The van der Waals surface area contributed by atoms with E-state index in [1.165, 1.54) is 19.4 Å². The summed E-state index contributed by atoms with van der Waals surface area (Å²) in [7, 11) is 1.41. The molecule has 0 aliphatic carbocycles. The highest BCUT2D eigenvalue weighted by atomic mass is 16.5. The number of rotatable bonds is 6. The van der Waals surface area contributed by atoms with E-state index in [9.17, 15) is 9.59 Å². The van der Waals surface area contributed by atoms with E-state index in [1.54, 1.807) is 0 Å². The minimum Gasteiger partial charge on any atom is -0.480 e. The summed E-state index contributed by atoms with van der Waals surface area (Å²) in [5.74, 6) is 0.0263. The average Bonchev–Trinajstić information content (AvgIpc) is 2.54. The van der Waals surface area contributed by atoms with Gasteiger partial charge in [0.1, 0.15) is 5.56 Å². The Labute approximate surface area is 129 Å². The van der Waals surface area contributed by atoms with E-state index in [0.717, 1.165) is 32.4 Å². The van der Waals surface area contributed by atoms with Crippen molar-refractivity contribution in [1.82, 2.24) is 10.3 Å². The van der Waals surface area contributed by atoms with Crippen molar-refractivity contribution in [2.24, 2.45) is 11.7 Å². The summed E-state index contributed by atoms with van der Waals surface area (Å²) in [5.41, 5.74) is 5.87. The molecule has 2 rings (SSSR count). The first-order valence-electron chi connectivity index (χ1n) is 7.44. The van der Waals surface area contributed by atoms with Crippen molar-refractivity contribution in [2.75, 3.05) is 25.5 Å². The third-order valence-corrected chi connectivity index (χ3v) is 3.83. The van der Waals surface area contributed by atoms with Gasteiger partial charge in [0.25, 0.3) is 5.91 Å². The number of nitrogens with two attached hydrogens (primary N) is 1. The number of methoxy groups -OCH3 is 1. The first-order valence-corrected chi connectivity index (χ1v) is 7.44. The standard InChI is InChI=1S/C15H22N4O3/c1-22-15-12(14(16)21)8-11(9-18-15)19-13(20)3-2-10-4-6-17-7-5-10/h8-10,17H,2-7H2,1H3,(H2,16,21)(H,19,20). The number of ether oxygens (including phenoxy) is 1. The zero-order valence-corrected chi connectivity index (χ0v) is 12.7. The molecule has 0 unspecified atom stereocenters. The van der Waals surface area contributed by atoms with Crippen LogP contribution in [-0.2, 0) is 4.79 Å². The Morgan fingerprint density at radius 3 is 2.82 bits per heavy atom. The molecule has 0 atom stereocenters. The summed E-state index contributed by atoms with van der Waals surface area (Å²) in [5, 5.41) is 6.05. The number of carbonyl (C=O) groups excluding carboxylic acids is 2. The van der Waals surface area contributed by atoms with Gasteiger partial charge in [0.05, 0.1) is 19.0 Å². The summed E-state index contributed by atoms with van der Waals surface area (Å²) in [6.45, 7) is 2.05. The minimum atomic E-state index is -0.643. The van der Waals surface area contributed by atoms with E-state index in [1.807, 2.05) is 0 Å². The van der Waals surface area contributed by atoms with Crippen LogP contribution < -0.4 is 21.1 Å². The third-order valence-electron chi connectivity index (χ3n) is 3.83. The average molecular weight is 306 g/mol. The number of carbonyl (C=O) groups is 2. The molecular formula is C15H22N4O3. The predicted molar refractivity (Wildman–Crippen MR) is 82.8 cm³/mol. The Morgan fingerprint density at radius 1 is 1.45 bits per heavy atom. The van der Waals surface area contributed by atoms with Gasteiger partial charge >= 0.3 is 0 Å². The normalized spacial score (nSPS) is 15.3. The monoisotopic (exact) mass is 306 g/mol. The molecule has 7 nitrogen and oxygen atoms in total. The lowest BCUT2D eigenvalue weighted by molar-refractivity contribution is -0.116. The highest BCUT2D eigenvalue weighted by Crippen LogP contribution is 2.20. The van der Waals surface area contributed by atoms with Gasteiger partial charge in [-0.2, -0.15) is 0 Å². The van der Waals surface area contributed by atoms with Gasteiger partial charge in [-0.3, -0.25) is 9.59 Å². The first kappa shape index (κ1) is 16.2. The number of amides is 2. The second-order valence-corrected chi connectivity index (χ2v) is 5.43. The van der Waals surface area contributed by atoms with Gasteiger partial charge in [-0.1, -0.05) is 0 Å². The van der Waals surface area contributed by atoms with Gasteiger partial charge < -0.3 is 21.1 Å². The summed E-state index contributed by atoms with van der Waals surface area (Å²) in [4.78, 5) is 27.3. The van der Waals surface area contributed by atoms with Crippen molar-refractivity contribution in [2.45, 2.75) is 25.7 Å². The lowest BCUT2D eigenvalue weighted by atomic mass is 9.93. The maximum atomic E-state index is 12.0. The number of nitrogens with one attached hydrogen (secondary N) is 2. The fraction of sp³-hybridized carbons (Fsp3) is 0.533. The van der Waals surface area contributed by atoms with Crippen molar-refractivity contribution in [3.8, 4) is 5.88 Å². The van der Waals surface area contributed by atoms with Crippen molar-refractivity contribution in [3.05, 3.63) is 17.8 Å². The Bertz CT molecular complexity index is 542. The molecule has 2 amide bonds. The molecule has 1 aromatic heterocycles. The number of primary amides is 1. The van der Waals surface area contributed by atoms with Crippen molar-refractivity contribution in [1.29, 1.82) is 0 Å². The molecule has 1 aromatic rings. The maximum Gasteiger partial charge on any atom is 0.254 e. The zero-order valence-electron chi connectivity index (χ0n) is 12.7. The minimum absolute atomic E-state index is 0.0825. The molecule has 1 aliphatic heterocycles. The van der Waals surface area contributed by atoms with Crippen LogP contribution >= 0.6 is 0 Å². The van der Waals surface area contributed by atoms with E-state index in [0.29, 0.717) is 18.0 Å². The van der Waals surface area contributed by atoms with Gasteiger partial charge in [-0.05, 0) is 44.3 Å². The number of piperidine rings is 1. The molecule has 0 aromatic carbocycles. The zero-order chi connectivity index (χ0) is 15.9. The van der Waals surface area contributed by atoms with Gasteiger partial charge in [-0.15, -0.1) is 0 Å². The lowest BCUT2D eigenvalue weighted by Crippen LogP contribution is -2.28. The molecule has 1 fully saturated rings. The van der Waals surface area contributed by atoms with E-state index in [4.69, 9.17) is 10.5 Å². The quantitative estimate of drug-likeness (QED) is 0.724. The third kappa shape index (κ3) is 4.42. The van der Waals surface area contributed by atoms with Crippen LogP contribution in [-0.4, -0.2) is 37.0 Å². The Kier molecular flexibility index (Phi) is 5.71. The number of nitrogens with zero attached hydrogens (tertiary/aromatic N) is 1. The van der Waals surface area contributed by atoms with Crippen molar-refractivity contribution >= 4 is 17.5 Å². The van der Waals surface area contributed by atoms with Gasteiger partial charge in [-0.25, -0.2) is 4.98 Å². The Morgan fingerprint density at radius 2 is 2.18 bits per heavy atom. The van der Waals surface area contributed by atoms with Crippen LogP contribution in [0.1, 0.15) is 36.0 Å². The van der Waals surface area contributed by atoms with Crippen LogP contribution in [0.25, 0.3) is 0 Å². The molecule has 22 heavy (non-hydrogen) atoms. The Balaban J connectivity index is 1.90. The number of hydrogen-bond donors (Lipinski definition) is 3. The molecule has 0 spiro atoms. The molecule has 7 heteroatoms. The second-order valence-electron chi connectivity index (χ2n) is 5.43. The smallest absolute Gasteiger partial charge is 0.254 e. The van der Waals surface area contributed by atoms with Crippen LogP contribution in [0.3, 0.4) is 0 Å². The summed E-state index contributed by atoms with van der Waals surface area (Å²) in [6.07, 6.45) is 5.02. The molecule has 2 heterocycles. The highest BCUT2D eigenvalue weighted by molar-refractivity contribution is 5.97. The predicted octanol–water partition coefficient (Wildman–Crippen LogP) is 0.907. The molecule has 4 N–H and O–H groups in total. The largest absolute Gasteiger partial charge is 0.480 e. The molecule has 0 saturated carbocycles. The van der Waals surface area contributed by atoms with Gasteiger partial charge in [0, 0.05) is 6.42 Å². The number of aromatic nitrogens is 1. The number of anilines is 1. The topological polar surface area (TPSA) is 106 Å². The van der Waals surface area contributed by atoms with E-state index in [2.05, 4.69) is 15.6 Å². The number of hydrogen-bond acceptors (Lipinski definition) is 5. The molecule has 1 aliphatic rings. The fourth-order valence-electron chi connectivity index (χ4n) is 2.59. The highest BCUT2D eigenvalue weighted by Gasteiger charge is 2.16. The number of pyridine rings is 1. The van der Waals surface area contributed by atoms with E-state index in [-0.39, 0.29) is 17.4 Å². The van der Waals surface area contributed by atoms with Crippen molar-refractivity contribution in [3.63, 3.8) is 0 Å². The van der Waals surface area contributed by atoms with E-state index < -0.39 is 5.91 Å². The lowest BCUT2D eigenvalue weighted by Gasteiger charge is -2.22. The van der Waals surface area contributed by atoms with Crippen molar-refractivity contribution < 1.29 is 14.3 Å². The molecule has 1 saturated heterocycles. The molecular weight excluding hydrogens is 284 g/mol. The molecule has 0 radical (unpaired) electrons. The van der Waals surface area contributed by atoms with Gasteiger partial charge in [0.15, 0.2) is 0 Å². The summed E-state index contributed by atoms with van der Waals surface area (Å²) < 4.78 is 4.96. The Hall–Kier alpha value is -2.15. The second kappa shape index (κ2) is 7.74. The van der Waals surface area contributed by atoms with Crippen LogP contribution in [0.4, 0.5) is 5.69 Å². The van der Waals surface area contributed by atoms with Crippen LogP contribution in [0, 0.1) is 5.92 Å². The summed E-state index contributed by atoms with van der Waals surface area (Å²) in [6, 6.07) is 1.48. The SMILES string of the molecule is COc1ncc(NC(=O)CCC2CCNCC2)cc1C(N)=O. The molecule has 0 bridgehead atoms. The van der Waals surface area contributed by atoms with Crippen LogP contribution in [0.2, 0.25) is 0 Å².